The number of carbonyl (C=O) groups excluding carboxylic acids is 1. The Kier molecular flexibility index (Phi) is 3.28. The highest BCUT2D eigenvalue weighted by Crippen LogP contribution is 2.24. The Morgan fingerprint density at radius 3 is 2.76 bits per heavy atom. The van der Waals surface area contributed by atoms with Crippen LogP contribution in [-0.2, 0) is 4.74 Å². The monoisotopic (exact) mass is 345 g/mol. The summed E-state index contributed by atoms with van der Waals surface area (Å²) in [5, 5.41) is 0.479. The van der Waals surface area contributed by atoms with E-state index in [0.29, 0.717) is 20.2 Å². The largest absolute Gasteiger partial charge is 0.465 e. The van der Waals surface area contributed by atoms with Crippen LogP contribution in [0.5, 0.6) is 0 Å². The molecule has 2 rings (SSSR count). The van der Waals surface area contributed by atoms with Gasteiger partial charge < -0.3 is 4.74 Å². The first-order valence-electron chi connectivity index (χ1n) is 4.87. The minimum Gasteiger partial charge on any atom is -0.465 e. The molecule has 0 spiro atoms. The standard InChI is InChI=1S/C12H9FINO2/c1-6-3-9(12(16)17-2)8-4-7(14)5-10(13)11(8)15-6/h3-5H,1-2H3. The van der Waals surface area contributed by atoms with Gasteiger partial charge in [0.1, 0.15) is 5.52 Å². The van der Waals surface area contributed by atoms with Crippen molar-refractivity contribution in [2.75, 3.05) is 7.11 Å². The summed E-state index contributed by atoms with van der Waals surface area (Å²) < 4.78 is 19.2. The van der Waals surface area contributed by atoms with Gasteiger partial charge >= 0.3 is 5.97 Å². The van der Waals surface area contributed by atoms with E-state index in [1.54, 1.807) is 19.1 Å². The van der Waals surface area contributed by atoms with Crippen LogP contribution >= 0.6 is 22.6 Å². The zero-order valence-corrected chi connectivity index (χ0v) is 11.4. The fourth-order valence-corrected chi connectivity index (χ4v) is 2.24. The molecule has 5 heteroatoms. The van der Waals surface area contributed by atoms with Crippen LogP contribution in [0, 0.1) is 16.3 Å². The Hall–Kier alpha value is -1.24. The molecule has 0 unspecified atom stereocenters. The van der Waals surface area contributed by atoms with Crippen molar-refractivity contribution < 1.29 is 13.9 Å². The van der Waals surface area contributed by atoms with Crippen molar-refractivity contribution in [3.8, 4) is 0 Å². The Balaban J connectivity index is 2.87. The molecule has 0 aliphatic heterocycles. The second-order valence-corrected chi connectivity index (χ2v) is 4.83. The topological polar surface area (TPSA) is 39.2 Å². The molecule has 0 saturated carbocycles. The van der Waals surface area contributed by atoms with Gasteiger partial charge in [-0.25, -0.2) is 14.2 Å². The summed E-state index contributed by atoms with van der Waals surface area (Å²) in [6.45, 7) is 1.71. The molecule has 1 aromatic carbocycles. The lowest BCUT2D eigenvalue weighted by Crippen LogP contribution is -2.05. The number of fused-ring (bicyclic) bond motifs is 1. The number of aryl methyl sites for hydroxylation is 1. The second kappa shape index (κ2) is 4.56. The first-order valence-corrected chi connectivity index (χ1v) is 5.95. The molecule has 3 nitrogen and oxygen atoms in total. The van der Waals surface area contributed by atoms with Crippen molar-refractivity contribution in [2.24, 2.45) is 0 Å². The Bertz CT molecular complexity index is 613. The zero-order valence-electron chi connectivity index (χ0n) is 9.25. The molecule has 0 radical (unpaired) electrons. The highest BCUT2D eigenvalue weighted by molar-refractivity contribution is 14.1. The molecule has 1 aromatic heterocycles. The van der Waals surface area contributed by atoms with E-state index >= 15 is 0 Å². The van der Waals surface area contributed by atoms with E-state index in [1.165, 1.54) is 13.2 Å². The van der Waals surface area contributed by atoms with Crippen LogP contribution in [0.3, 0.4) is 0 Å². The molecule has 88 valence electrons. The van der Waals surface area contributed by atoms with Crippen molar-refractivity contribution >= 4 is 39.5 Å². The highest BCUT2D eigenvalue weighted by Gasteiger charge is 2.15. The summed E-state index contributed by atoms with van der Waals surface area (Å²) in [4.78, 5) is 15.7. The van der Waals surface area contributed by atoms with Crippen LogP contribution in [0.1, 0.15) is 16.1 Å². The number of carbonyl (C=O) groups is 1. The maximum absolute atomic E-state index is 13.8. The number of hydrogen-bond donors (Lipinski definition) is 0. The van der Waals surface area contributed by atoms with E-state index in [2.05, 4.69) is 9.72 Å². The maximum Gasteiger partial charge on any atom is 0.338 e. The summed E-state index contributed by atoms with van der Waals surface area (Å²) in [5.41, 5.74) is 1.12. The molecule has 0 N–H and O–H groups in total. The molecule has 0 atom stereocenters. The summed E-state index contributed by atoms with van der Waals surface area (Å²) in [7, 11) is 1.30. The van der Waals surface area contributed by atoms with Crippen LogP contribution < -0.4 is 0 Å². The number of hydrogen-bond acceptors (Lipinski definition) is 3. The SMILES string of the molecule is COC(=O)c1cc(C)nc2c(F)cc(I)cc12. The third-order valence-electron chi connectivity index (χ3n) is 2.37. The van der Waals surface area contributed by atoms with Crippen molar-refractivity contribution in [3.63, 3.8) is 0 Å². The van der Waals surface area contributed by atoms with Crippen LogP contribution in [-0.4, -0.2) is 18.1 Å². The molecular formula is C12H9FINO2. The number of ether oxygens (including phenoxy) is 1. The number of methoxy groups -OCH3 is 1. The van der Waals surface area contributed by atoms with Crippen molar-refractivity contribution in [2.45, 2.75) is 6.92 Å². The third kappa shape index (κ3) is 2.24. The van der Waals surface area contributed by atoms with Crippen LogP contribution in [0.25, 0.3) is 10.9 Å². The van der Waals surface area contributed by atoms with E-state index in [1.807, 2.05) is 22.6 Å². The van der Waals surface area contributed by atoms with Gasteiger partial charge in [0.15, 0.2) is 5.82 Å². The summed E-state index contributed by atoms with van der Waals surface area (Å²) >= 11 is 1.99. The van der Waals surface area contributed by atoms with Gasteiger partial charge in [-0.1, -0.05) is 0 Å². The Labute approximate surface area is 111 Å². The quantitative estimate of drug-likeness (QED) is 0.589. The van der Waals surface area contributed by atoms with E-state index in [0.717, 1.165) is 0 Å². The van der Waals surface area contributed by atoms with Gasteiger partial charge in [0.2, 0.25) is 0 Å². The average molecular weight is 345 g/mol. The van der Waals surface area contributed by atoms with Crippen LogP contribution in [0.4, 0.5) is 4.39 Å². The van der Waals surface area contributed by atoms with Crippen molar-refractivity contribution in [1.82, 2.24) is 4.98 Å². The van der Waals surface area contributed by atoms with Crippen molar-refractivity contribution in [1.29, 1.82) is 0 Å². The number of esters is 1. The molecule has 0 saturated heterocycles. The average Bonchev–Trinajstić information content (AvgIpc) is 2.28. The lowest BCUT2D eigenvalue weighted by atomic mass is 10.1. The lowest BCUT2D eigenvalue weighted by molar-refractivity contribution is 0.0603. The number of benzene rings is 1. The minimum atomic E-state index is -0.484. The summed E-state index contributed by atoms with van der Waals surface area (Å²) in [6.07, 6.45) is 0. The fraction of sp³-hybridized carbons (Fsp3) is 0.167. The smallest absolute Gasteiger partial charge is 0.338 e. The Morgan fingerprint density at radius 2 is 2.12 bits per heavy atom. The molecule has 0 fully saturated rings. The molecule has 17 heavy (non-hydrogen) atoms. The van der Waals surface area contributed by atoms with Gasteiger partial charge in [-0.05, 0) is 47.7 Å². The maximum atomic E-state index is 13.8. The summed E-state index contributed by atoms with van der Waals surface area (Å²) in [5.74, 6) is -0.914. The minimum absolute atomic E-state index is 0.200. The van der Waals surface area contributed by atoms with Gasteiger partial charge in [0.25, 0.3) is 0 Å². The number of pyridine rings is 1. The molecular weight excluding hydrogens is 336 g/mol. The zero-order chi connectivity index (χ0) is 12.6. The van der Waals surface area contributed by atoms with Crippen LogP contribution in [0.2, 0.25) is 0 Å². The highest BCUT2D eigenvalue weighted by atomic mass is 127. The van der Waals surface area contributed by atoms with Crippen molar-refractivity contribution in [3.05, 3.63) is 38.8 Å². The van der Waals surface area contributed by atoms with E-state index < -0.39 is 11.8 Å². The first kappa shape index (κ1) is 12.2. The van der Waals surface area contributed by atoms with Gasteiger partial charge in [-0.2, -0.15) is 0 Å². The van der Waals surface area contributed by atoms with Gasteiger partial charge in [-0.3, -0.25) is 0 Å². The predicted molar refractivity (Wildman–Crippen MR) is 70.5 cm³/mol. The van der Waals surface area contributed by atoms with E-state index in [9.17, 15) is 9.18 Å². The molecule has 0 amide bonds. The Morgan fingerprint density at radius 1 is 1.41 bits per heavy atom. The van der Waals surface area contributed by atoms with Gasteiger partial charge in [0, 0.05) is 14.7 Å². The fourth-order valence-electron chi connectivity index (χ4n) is 1.66. The molecule has 2 aromatic rings. The van der Waals surface area contributed by atoms with E-state index in [4.69, 9.17) is 0 Å². The molecule has 1 heterocycles. The molecule has 0 bridgehead atoms. The predicted octanol–water partition coefficient (Wildman–Crippen LogP) is 3.07. The second-order valence-electron chi connectivity index (χ2n) is 3.59. The number of aromatic nitrogens is 1. The van der Waals surface area contributed by atoms with Gasteiger partial charge in [-0.15, -0.1) is 0 Å². The normalized spacial score (nSPS) is 10.6. The van der Waals surface area contributed by atoms with E-state index in [-0.39, 0.29) is 5.52 Å². The number of rotatable bonds is 1. The van der Waals surface area contributed by atoms with Crippen LogP contribution in [0.15, 0.2) is 18.2 Å². The van der Waals surface area contributed by atoms with Gasteiger partial charge in [0.05, 0.1) is 12.7 Å². The summed E-state index contributed by atoms with van der Waals surface area (Å²) in [6, 6.07) is 4.71. The first-order chi connectivity index (χ1) is 8.02. The number of halogens is 2. The molecule has 0 aliphatic rings. The number of nitrogens with zero attached hydrogens (tertiary/aromatic N) is 1. The molecule has 0 aliphatic carbocycles. The third-order valence-corrected chi connectivity index (χ3v) is 2.99. The lowest BCUT2D eigenvalue weighted by Gasteiger charge is -2.07.